The van der Waals surface area contributed by atoms with E-state index in [4.69, 9.17) is 0 Å². The second kappa shape index (κ2) is 7.66. The Balaban J connectivity index is 2.00. The predicted octanol–water partition coefficient (Wildman–Crippen LogP) is 6.54. The first kappa shape index (κ1) is 16.9. The maximum atomic E-state index is 13.8. The van der Waals surface area contributed by atoms with Gasteiger partial charge in [0.15, 0.2) is 0 Å². The molecule has 1 aromatic carbocycles. The summed E-state index contributed by atoms with van der Waals surface area (Å²) in [6, 6.07) is 1.53. The maximum absolute atomic E-state index is 13.8. The molecule has 0 amide bonds. The fraction of sp³-hybridized carbons (Fsp3) is 0.647. The van der Waals surface area contributed by atoms with Crippen LogP contribution in [-0.2, 0) is 0 Å². The summed E-state index contributed by atoms with van der Waals surface area (Å²) >= 11 is 3.44. The van der Waals surface area contributed by atoms with E-state index in [1.807, 2.05) is 0 Å². The van der Waals surface area contributed by atoms with Gasteiger partial charge in [-0.2, -0.15) is 0 Å². The van der Waals surface area contributed by atoms with E-state index in [0.717, 1.165) is 43.7 Å². The molecular weight excluding hydrogens is 341 g/mol. The minimum atomic E-state index is -0.864. The number of hydrogen-bond acceptors (Lipinski definition) is 0. The molecule has 2 rings (SSSR count). The molecule has 0 N–H and O–H groups in total. The van der Waals surface area contributed by atoms with E-state index in [1.165, 1.54) is 19.3 Å². The number of halogens is 4. The van der Waals surface area contributed by atoms with Crippen LogP contribution in [0.5, 0.6) is 0 Å². The van der Waals surface area contributed by atoms with Crippen LogP contribution in [0.15, 0.2) is 12.1 Å². The third-order valence-electron chi connectivity index (χ3n) is 4.59. The van der Waals surface area contributed by atoms with E-state index in [2.05, 4.69) is 22.9 Å². The van der Waals surface area contributed by atoms with Crippen molar-refractivity contribution in [1.29, 1.82) is 0 Å². The molecule has 1 aliphatic rings. The summed E-state index contributed by atoms with van der Waals surface area (Å²) in [5.74, 6) is -1.47. The first-order valence-electron chi connectivity index (χ1n) is 7.81. The summed E-state index contributed by atoms with van der Waals surface area (Å²) in [5, 5.41) is 0. The Kier molecular flexibility index (Phi) is 6.15. The SMILES string of the molecule is CCCCC1CCC(C(Br)c2c(F)cc(F)cc2F)CC1. The van der Waals surface area contributed by atoms with E-state index >= 15 is 0 Å². The van der Waals surface area contributed by atoms with Gasteiger partial charge >= 0.3 is 0 Å². The third kappa shape index (κ3) is 4.24. The highest BCUT2D eigenvalue weighted by molar-refractivity contribution is 9.09. The maximum Gasteiger partial charge on any atom is 0.133 e. The van der Waals surface area contributed by atoms with Crippen molar-refractivity contribution in [2.24, 2.45) is 11.8 Å². The lowest BCUT2D eigenvalue weighted by molar-refractivity contribution is 0.254. The van der Waals surface area contributed by atoms with E-state index in [9.17, 15) is 13.2 Å². The van der Waals surface area contributed by atoms with Crippen molar-refractivity contribution >= 4 is 15.9 Å². The Morgan fingerprint density at radius 3 is 2.19 bits per heavy atom. The van der Waals surface area contributed by atoms with Gasteiger partial charge in [0.1, 0.15) is 17.5 Å². The van der Waals surface area contributed by atoms with E-state index in [1.54, 1.807) is 0 Å². The Hall–Kier alpha value is -0.510. The Morgan fingerprint density at radius 2 is 1.67 bits per heavy atom. The summed E-state index contributed by atoms with van der Waals surface area (Å²) in [4.78, 5) is -0.370. The van der Waals surface area contributed by atoms with E-state index < -0.39 is 17.5 Å². The molecule has 0 spiro atoms. The van der Waals surface area contributed by atoms with Crippen LogP contribution in [0.1, 0.15) is 62.3 Å². The van der Waals surface area contributed by atoms with Crippen LogP contribution in [0.25, 0.3) is 0 Å². The van der Waals surface area contributed by atoms with Gasteiger partial charge in [0.05, 0.1) is 0 Å². The molecule has 0 radical (unpaired) electrons. The van der Waals surface area contributed by atoms with Gasteiger partial charge in [-0.1, -0.05) is 55.0 Å². The fourth-order valence-electron chi connectivity index (χ4n) is 3.31. The first-order valence-corrected chi connectivity index (χ1v) is 8.73. The number of alkyl halides is 1. The second-order valence-corrected chi connectivity index (χ2v) is 7.09. The van der Waals surface area contributed by atoms with Crippen LogP contribution >= 0.6 is 15.9 Å². The van der Waals surface area contributed by atoms with Crippen LogP contribution in [0.4, 0.5) is 13.2 Å². The summed E-state index contributed by atoms with van der Waals surface area (Å²) in [5.41, 5.74) is -0.0200. The van der Waals surface area contributed by atoms with Gasteiger partial charge in [0.25, 0.3) is 0 Å². The van der Waals surface area contributed by atoms with Gasteiger partial charge in [-0.15, -0.1) is 0 Å². The molecule has 0 bridgehead atoms. The number of rotatable bonds is 5. The normalized spacial score (nSPS) is 24.0. The van der Waals surface area contributed by atoms with Crippen LogP contribution in [0, 0.1) is 29.3 Å². The molecule has 1 atom stereocenters. The lowest BCUT2D eigenvalue weighted by Gasteiger charge is -2.32. The lowest BCUT2D eigenvalue weighted by Crippen LogP contribution is -2.19. The van der Waals surface area contributed by atoms with Crippen LogP contribution in [0.2, 0.25) is 0 Å². The minimum Gasteiger partial charge on any atom is -0.207 e. The molecule has 1 fully saturated rings. The third-order valence-corrected chi connectivity index (χ3v) is 5.80. The van der Waals surface area contributed by atoms with Gasteiger partial charge in [-0.25, -0.2) is 13.2 Å². The van der Waals surface area contributed by atoms with Crippen molar-refractivity contribution in [2.75, 3.05) is 0 Å². The highest BCUT2D eigenvalue weighted by Crippen LogP contribution is 2.44. The summed E-state index contributed by atoms with van der Waals surface area (Å²) < 4.78 is 40.7. The molecule has 118 valence electrons. The van der Waals surface area contributed by atoms with Crippen molar-refractivity contribution < 1.29 is 13.2 Å². The Bertz CT molecular complexity index is 444. The molecule has 1 aromatic rings. The van der Waals surface area contributed by atoms with Crippen LogP contribution < -0.4 is 0 Å². The standard InChI is InChI=1S/C17H22BrF3/c1-2-3-4-11-5-7-12(8-6-11)17(18)16-14(20)9-13(19)10-15(16)21/h9-12,17H,2-8H2,1H3. The molecular formula is C17H22BrF3. The Morgan fingerprint density at radius 1 is 1.10 bits per heavy atom. The van der Waals surface area contributed by atoms with Gasteiger partial charge in [0, 0.05) is 22.5 Å². The highest BCUT2D eigenvalue weighted by atomic mass is 79.9. The first-order chi connectivity index (χ1) is 10.0. The number of hydrogen-bond donors (Lipinski definition) is 0. The van der Waals surface area contributed by atoms with Crippen LogP contribution in [-0.4, -0.2) is 0 Å². The average molecular weight is 363 g/mol. The van der Waals surface area contributed by atoms with Gasteiger partial charge in [-0.05, 0) is 24.7 Å². The zero-order valence-corrected chi connectivity index (χ0v) is 13.9. The van der Waals surface area contributed by atoms with Crippen molar-refractivity contribution in [3.63, 3.8) is 0 Å². The smallest absolute Gasteiger partial charge is 0.133 e. The van der Waals surface area contributed by atoms with Gasteiger partial charge < -0.3 is 0 Å². The Labute approximate surface area is 133 Å². The van der Waals surface area contributed by atoms with E-state index in [-0.39, 0.29) is 16.3 Å². The minimum absolute atomic E-state index is 0.0200. The molecule has 0 aliphatic heterocycles. The predicted molar refractivity (Wildman–Crippen MR) is 83.0 cm³/mol. The topological polar surface area (TPSA) is 0 Å². The number of unbranched alkanes of at least 4 members (excludes halogenated alkanes) is 1. The zero-order chi connectivity index (χ0) is 15.4. The van der Waals surface area contributed by atoms with E-state index in [0.29, 0.717) is 0 Å². The monoisotopic (exact) mass is 362 g/mol. The molecule has 1 unspecified atom stereocenters. The lowest BCUT2D eigenvalue weighted by atomic mass is 9.77. The van der Waals surface area contributed by atoms with Crippen LogP contribution in [0.3, 0.4) is 0 Å². The second-order valence-electron chi connectivity index (χ2n) is 6.11. The highest BCUT2D eigenvalue weighted by Gasteiger charge is 2.30. The average Bonchev–Trinajstić information content (AvgIpc) is 2.44. The molecule has 0 aromatic heterocycles. The van der Waals surface area contributed by atoms with Crippen molar-refractivity contribution in [3.8, 4) is 0 Å². The molecule has 0 saturated heterocycles. The number of benzene rings is 1. The molecule has 21 heavy (non-hydrogen) atoms. The molecule has 1 saturated carbocycles. The summed E-state index contributed by atoms with van der Waals surface area (Å²) in [7, 11) is 0. The fourth-order valence-corrected chi connectivity index (χ4v) is 4.28. The molecule has 0 heterocycles. The molecule has 4 heteroatoms. The van der Waals surface area contributed by atoms with Crippen molar-refractivity contribution in [3.05, 3.63) is 35.1 Å². The van der Waals surface area contributed by atoms with Crippen molar-refractivity contribution in [2.45, 2.75) is 56.7 Å². The summed E-state index contributed by atoms with van der Waals surface area (Å²) in [6.07, 6.45) is 7.92. The van der Waals surface area contributed by atoms with Gasteiger partial charge in [-0.3, -0.25) is 0 Å². The van der Waals surface area contributed by atoms with Crippen molar-refractivity contribution in [1.82, 2.24) is 0 Å². The molecule has 0 nitrogen and oxygen atoms in total. The largest absolute Gasteiger partial charge is 0.207 e. The quantitative estimate of drug-likeness (QED) is 0.521. The van der Waals surface area contributed by atoms with Gasteiger partial charge in [0.2, 0.25) is 0 Å². The molecule has 1 aliphatic carbocycles. The zero-order valence-electron chi connectivity index (χ0n) is 12.3. The summed E-state index contributed by atoms with van der Waals surface area (Å²) in [6.45, 7) is 2.19.